The lowest BCUT2D eigenvalue weighted by molar-refractivity contribution is -0.196. The maximum absolute atomic E-state index is 12.8. The number of ether oxygens (including phenoxy) is 1. The van der Waals surface area contributed by atoms with Gasteiger partial charge in [-0.3, -0.25) is 4.79 Å². The molecule has 0 aromatic carbocycles. The highest BCUT2D eigenvalue weighted by molar-refractivity contribution is 5.72. The van der Waals surface area contributed by atoms with Gasteiger partial charge in [0.25, 0.3) is 0 Å². The summed E-state index contributed by atoms with van der Waals surface area (Å²) in [6.45, 7) is 1.86. The van der Waals surface area contributed by atoms with Gasteiger partial charge in [0.2, 0.25) is 0 Å². The summed E-state index contributed by atoms with van der Waals surface area (Å²) in [5.74, 6) is -1.45. The van der Waals surface area contributed by atoms with Crippen molar-refractivity contribution in [2.24, 2.45) is 17.8 Å². The average Bonchev–Trinajstić information content (AvgIpc) is 2.47. The Morgan fingerprint density at radius 2 is 1.71 bits per heavy atom. The van der Waals surface area contributed by atoms with Crippen molar-refractivity contribution in [1.82, 2.24) is 0 Å². The third-order valence-corrected chi connectivity index (χ3v) is 5.10. The van der Waals surface area contributed by atoms with Crippen molar-refractivity contribution < 1.29 is 22.7 Å². The van der Waals surface area contributed by atoms with Crippen molar-refractivity contribution in [3.8, 4) is 0 Å². The van der Waals surface area contributed by atoms with E-state index in [0.717, 1.165) is 25.7 Å². The fourth-order valence-corrected chi connectivity index (χ4v) is 3.65. The summed E-state index contributed by atoms with van der Waals surface area (Å²) in [5, 5.41) is 0. The van der Waals surface area contributed by atoms with Crippen LogP contribution in [0.2, 0.25) is 0 Å². The summed E-state index contributed by atoms with van der Waals surface area (Å²) in [6.07, 6.45) is 2.00. The largest absolute Gasteiger partial charge is 0.462 e. The summed E-state index contributed by atoms with van der Waals surface area (Å²) < 4.78 is 43.7. The predicted molar refractivity (Wildman–Crippen MR) is 73.6 cm³/mol. The van der Waals surface area contributed by atoms with Gasteiger partial charge in [-0.1, -0.05) is 26.2 Å². The van der Waals surface area contributed by atoms with Gasteiger partial charge in [0.05, 0.1) is 11.8 Å². The second kappa shape index (κ2) is 7.01. The molecule has 0 spiro atoms. The molecule has 2 nitrogen and oxygen atoms in total. The van der Waals surface area contributed by atoms with E-state index >= 15 is 0 Å². The molecule has 2 aliphatic rings. The number of rotatable bonds is 3. The van der Waals surface area contributed by atoms with Gasteiger partial charge in [-0.15, -0.1) is 0 Å². The first-order valence-electron chi connectivity index (χ1n) is 8.15. The van der Waals surface area contributed by atoms with E-state index in [1.807, 2.05) is 6.92 Å². The molecule has 0 aromatic rings. The van der Waals surface area contributed by atoms with Crippen molar-refractivity contribution in [2.75, 3.05) is 0 Å². The summed E-state index contributed by atoms with van der Waals surface area (Å²) in [7, 11) is 0. The minimum absolute atomic E-state index is 0.0629. The molecule has 2 aliphatic carbocycles. The molecule has 2 rings (SSSR count). The van der Waals surface area contributed by atoms with Gasteiger partial charge in [0.1, 0.15) is 6.10 Å². The predicted octanol–water partition coefficient (Wildman–Crippen LogP) is 4.87. The second-order valence-electron chi connectivity index (χ2n) is 6.65. The lowest BCUT2D eigenvalue weighted by atomic mass is 9.81. The lowest BCUT2D eigenvalue weighted by Gasteiger charge is -2.32. The number of hydrogen-bond acceptors (Lipinski definition) is 2. The van der Waals surface area contributed by atoms with Crippen molar-refractivity contribution >= 4 is 5.97 Å². The van der Waals surface area contributed by atoms with E-state index in [1.54, 1.807) is 0 Å². The van der Waals surface area contributed by atoms with Crippen molar-refractivity contribution in [3.63, 3.8) is 0 Å². The Morgan fingerprint density at radius 3 is 2.33 bits per heavy atom. The monoisotopic (exact) mass is 306 g/mol. The molecule has 2 saturated carbocycles. The third-order valence-electron chi connectivity index (χ3n) is 5.10. The van der Waals surface area contributed by atoms with E-state index in [-0.39, 0.29) is 24.7 Å². The molecule has 0 amide bonds. The van der Waals surface area contributed by atoms with Crippen LogP contribution in [0, 0.1) is 17.8 Å². The zero-order valence-electron chi connectivity index (χ0n) is 12.6. The van der Waals surface area contributed by atoms with Crippen LogP contribution in [0.3, 0.4) is 0 Å². The van der Waals surface area contributed by atoms with Gasteiger partial charge < -0.3 is 4.74 Å². The summed E-state index contributed by atoms with van der Waals surface area (Å²) in [4.78, 5) is 12.2. The molecule has 0 saturated heterocycles. The fraction of sp³-hybridized carbons (Fsp3) is 0.938. The van der Waals surface area contributed by atoms with E-state index in [1.165, 1.54) is 6.42 Å². The maximum Gasteiger partial charge on any atom is 0.391 e. The molecule has 5 heteroatoms. The van der Waals surface area contributed by atoms with Crippen LogP contribution in [0.4, 0.5) is 13.2 Å². The molecule has 1 unspecified atom stereocenters. The Hall–Kier alpha value is -0.740. The van der Waals surface area contributed by atoms with Gasteiger partial charge in [0, 0.05) is 0 Å². The van der Waals surface area contributed by atoms with Crippen LogP contribution in [0.5, 0.6) is 0 Å². The molecular weight excluding hydrogens is 281 g/mol. The molecule has 0 bridgehead atoms. The zero-order valence-corrected chi connectivity index (χ0v) is 12.6. The zero-order chi connectivity index (χ0) is 15.5. The van der Waals surface area contributed by atoms with E-state index in [2.05, 4.69) is 0 Å². The first-order valence-corrected chi connectivity index (χ1v) is 8.15. The minimum Gasteiger partial charge on any atom is -0.462 e. The maximum atomic E-state index is 12.8. The van der Waals surface area contributed by atoms with Crippen LogP contribution in [-0.2, 0) is 9.53 Å². The van der Waals surface area contributed by atoms with Crippen LogP contribution >= 0.6 is 0 Å². The normalized spacial score (nSPS) is 29.9. The summed E-state index contributed by atoms with van der Waals surface area (Å²) in [6, 6.07) is 0. The molecule has 2 fully saturated rings. The standard InChI is InChI=1S/C16H25F3O2/c1-11(12-6-3-2-4-7-12)15(20)21-14-9-5-8-13(10-14)16(17,18)19/h11-14H,2-10H2,1H3/t11-,13+,14?/m1/s1. The van der Waals surface area contributed by atoms with E-state index in [0.29, 0.717) is 18.8 Å². The molecule has 0 heterocycles. The molecule has 0 aromatic heterocycles. The molecule has 0 aliphatic heterocycles. The van der Waals surface area contributed by atoms with Crippen LogP contribution in [-0.4, -0.2) is 18.2 Å². The van der Waals surface area contributed by atoms with Gasteiger partial charge in [0.15, 0.2) is 0 Å². The summed E-state index contributed by atoms with van der Waals surface area (Å²) in [5.41, 5.74) is 0. The van der Waals surface area contributed by atoms with Crippen molar-refractivity contribution in [1.29, 1.82) is 0 Å². The quantitative estimate of drug-likeness (QED) is 0.696. The molecule has 3 atom stereocenters. The number of carbonyl (C=O) groups excluding carboxylic acids is 1. The smallest absolute Gasteiger partial charge is 0.391 e. The number of carbonyl (C=O) groups is 1. The highest BCUT2D eigenvalue weighted by Gasteiger charge is 2.43. The number of esters is 1. The Kier molecular flexibility index (Phi) is 5.55. The van der Waals surface area contributed by atoms with E-state index in [9.17, 15) is 18.0 Å². The molecule has 0 N–H and O–H groups in total. The minimum atomic E-state index is -4.17. The molecule has 21 heavy (non-hydrogen) atoms. The SMILES string of the molecule is C[C@@H](C(=O)OC1CCC[C@H](C(F)(F)F)C1)C1CCCCC1. The Morgan fingerprint density at radius 1 is 1.05 bits per heavy atom. The third kappa shape index (κ3) is 4.62. The van der Waals surface area contributed by atoms with Gasteiger partial charge >= 0.3 is 12.1 Å². The lowest BCUT2D eigenvalue weighted by Crippen LogP contribution is -2.35. The van der Waals surface area contributed by atoms with E-state index < -0.39 is 18.2 Å². The number of alkyl halides is 3. The number of halogens is 3. The Bertz CT molecular complexity index is 348. The highest BCUT2D eigenvalue weighted by atomic mass is 19.4. The average molecular weight is 306 g/mol. The van der Waals surface area contributed by atoms with E-state index in [4.69, 9.17) is 4.74 Å². The van der Waals surface area contributed by atoms with Crippen molar-refractivity contribution in [3.05, 3.63) is 0 Å². The van der Waals surface area contributed by atoms with Crippen molar-refractivity contribution in [2.45, 2.75) is 77.0 Å². The van der Waals surface area contributed by atoms with Crippen LogP contribution in [0.25, 0.3) is 0 Å². The highest BCUT2D eigenvalue weighted by Crippen LogP contribution is 2.39. The second-order valence-corrected chi connectivity index (χ2v) is 6.65. The molecular formula is C16H25F3O2. The van der Waals surface area contributed by atoms with Gasteiger partial charge in [-0.05, 0) is 44.4 Å². The van der Waals surface area contributed by atoms with Crippen LogP contribution < -0.4 is 0 Å². The Balaban J connectivity index is 1.84. The van der Waals surface area contributed by atoms with Crippen LogP contribution in [0.15, 0.2) is 0 Å². The van der Waals surface area contributed by atoms with Crippen LogP contribution in [0.1, 0.15) is 64.7 Å². The van der Waals surface area contributed by atoms with Gasteiger partial charge in [-0.25, -0.2) is 0 Å². The first kappa shape index (κ1) is 16.6. The summed E-state index contributed by atoms with van der Waals surface area (Å²) >= 11 is 0. The first-order chi connectivity index (χ1) is 9.88. The number of hydrogen-bond donors (Lipinski definition) is 0. The molecule has 0 radical (unpaired) electrons. The Labute approximate surface area is 124 Å². The topological polar surface area (TPSA) is 26.3 Å². The van der Waals surface area contributed by atoms with Gasteiger partial charge in [-0.2, -0.15) is 13.2 Å². The molecule has 122 valence electrons. The fourth-order valence-electron chi connectivity index (χ4n) is 3.65.